The van der Waals surface area contributed by atoms with E-state index < -0.39 is 6.29 Å². The Hall–Kier alpha value is -1.32. The molecule has 1 aliphatic rings. The van der Waals surface area contributed by atoms with Crippen LogP contribution in [-0.2, 0) is 0 Å². The summed E-state index contributed by atoms with van der Waals surface area (Å²) in [7, 11) is 0. The van der Waals surface area contributed by atoms with Gasteiger partial charge in [0.1, 0.15) is 0 Å². The van der Waals surface area contributed by atoms with Crippen molar-refractivity contribution < 1.29 is 10.2 Å². The zero-order valence-corrected chi connectivity index (χ0v) is 11.0. The predicted molar refractivity (Wildman–Crippen MR) is 74.8 cm³/mol. The Morgan fingerprint density at radius 3 is 2.56 bits per heavy atom. The van der Waals surface area contributed by atoms with Crippen LogP contribution in [0.25, 0.3) is 0 Å². The molecule has 0 fully saturated rings. The van der Waals surface area contributed by atoms with Gasteiger partial charge in [0.25, 0.3) is 0 Å². The van der Waals surface area contributed by atoms with Crippen molar-refractivity contribution in [3.05, 3.63) is 47.7 Å². The van der Waals surface area contributed by atoms with Crippen molar-refractivity contribution in [1.82, 2.24) is 5.32 Å². The molecule has 0 atom stereocenters. The highest BCUT2D eigenvalue weighted by Gasteiger charge is 2.01. The minimum absolute atomic E-state index is 0.490. The maximum absolute atomic E-state index is 9.05. The Bertz CT molecular complexity index is 352. The average Bonchev–Trinajstić information content (AvgIpc) is 2.30. The molecule has 100 valence electrons. The molecule has 0 aliphatic heterocycles. The van der Waals surface area contributed by atoms with Crippen molar-refractivity contribution >= 4 is 0 Å². The SMILES string of the molecule is CCCCCCNC1=C/C=C\C(C(O)O)=C/C=C\1. The van der Waals surface area contributed by atoms with E-state index in [2.05, 4.69) is 12.2 Å². The minimum atomic E-state index is -1.41. The third-order valence-electron chi connectivity index (χ3n) is 2.79. The van der Waals surface area contributed by atoms with E-state index in [9.17, 15) is 0 Å². The number of hydrogen-bond donors (Lipinski definition) is 3. The van der Waals surface area contributed by atoms with Crippen molar-refractivity contribution in [3.63, 3.8) is 0 Å². The van der Waals surface area contributed by atoms with Crippen LogP contribution < -0.4 is 5.32 Å². The van der Waals surface area contributed by atoms with Crippen LogP contribution in [-0.4, -0.2) is 23.0 Å². The Morgan fingerprint density at radius 2 is 1.83 bits per heavy atom. The number of unbranched alkanes of at least 4 members (excludes halogenated alkanes) is 3. The zero-order valence-electron chi connectivity index (χ0n) is 11.0. The van der Waals surface area contributed by atoms with Crippen molar-refractivity contribution in [2.24, 2.45) is 0 Å². The molecule has 0 unspecified atom stereocenters. The van der Waals surface area contributed by atoms with Crippen molar-refractivity contribution in [2.75, 3.05) is 6.54 Å². The van der Waals surface area contributed by atoms with Crippen LogP contribution in [0, 0.1) is 0 Å². The summed E-state index contributed by atoms with van der Waals surface area (Å²) in [4.78, 5) is 0. The maximum Gasteiger partial charge on any atom is 0.178 e. The van der Waals surface area contributed by atoms with E-state index in [1.54, 1.807) is 12.2 Å². The van der Waals surface area contributed by atoms with Gasteiger partial charge in [0, 0.05) is 17.8 Å². The summed E-state index contributed by atoms with van der Waals surface area (Å²) in [6.07, 6.45) is 14.5. The molecule has 1 aliphatic carbocycles. The summed E-state index contributed by atoms with van der Waals surface area (Å²) in [5, 5.41) is 21.5. The average molecular weight is 249 g/mol. The fourth-order valence-electron chi connectivity index (χ4n) is 1.71. The third-order valence-corrected chi connectivity index (χ3v) is 2.79. The normalized spacial score (nSPS) is 24.4. The fraction of sp³-hybridized carbons (Fsp3) is 0.467. The van der Waals surface area contributed by atoms with Crippen LogP contribution in [0.5, 0.6) is 0 Å². The largest absolute Gasteiger partial charge is 0.385 e. The smallest absolute Gasteiger partial charge is 0.178 e. The molecule has 0 radical (unpaired) electrons. The second-order valence-corrected chi connectivity index (χ2v) is 4.37. The van der Waals surface area contributed by atoms with E-state index in [1.165, 1.54) is 25.7 Å². The van der Waals surface area contributed by atoms with Gasteiger partial charge in [-0.15, -0.1) is 0 Å². The van der Waals surface area contributed by atoms with E-state index in [1.807, 2.05) is 24.3 Å². The molecule has 0 saturated carbocycles. The van der Waals surface area contributed by atoms with Gasteiger partial charge in [-0.2, -0.15) is 0 Å². The monoisotopic (exact) mass is 249 g/mol. The number of allylic oxidation sites excluding steroid dienone is 5. The third kappa shape index (κ3) is 5.84. The number of rotatable bonds is 7. The summed E-state index contributed by atoms with van der Waals surface area (Å²) in [5.41, 5.74) is 1.54. The molecule has 0 amide bonds. The van der Waals surface area contributed by atoms with Crippen LogP contribution in [0.15, 0.2) is 47.7 Å². The molecule has 0 bridgehead atoms. The lowest BCUT2D eigenvalue weighted by molar-refractivity contribution is -0.00481. The van der Waals surface area contributed by atoms with Gasteiger partial charge in [0.15, 0.2) is 6.29 Å². The standard InChI is InChI=1S/C15H23NO2/c1-2-3-4-5-12-16-14-10-6-8-13(15(17)18)9-7-11-14/h6-11,15-18H,2-5,12H2,1H3/b8-6-,9-7?,10-6?,11-7-,13-8?,13-9+,14-10+,14-11?. The molecular formula is C15H23NO2. The Balaban J connectivity index is 2.37. The van der Waals surface area contributed by atoms with Crippen molar-refractivity contribution in [1.29, 1.82) is 0 Å². The molecule has 3 heteroatoms. The lowest BCUT2D eigenvalue weighted by Crippen LogP contribution is -2.13. The first-order valence-electron chi connectivity index (χ1n) is 6.60. The number of aliphatic hydroxyl groups is 2. The predicted octanol–water partition coefficient (Wildman–Crippen LogP) is 2.40. The van der Waals surface area contributed by atoms with Crippen LogP contribution in [0.4, 0.5) is 0 Å². The van der Waals surface area contributed by atoms with Gasteiger partial charge in [0.05, 0.1) is 0 Å². The Kier molecular flexibility index (Phi) is 7.14. The van der Waals surface area contributed by atoms with Gasteiger partial charge in [0.2, 0.25) is 0 Å². The van der Waals surface area contributed by atoms with Crippen LogP contribution in [0.1, 0.15) is 32.6 Å². The van der Waals surface area contributed by atoms with Crippen LogP contribution in [0.2, 0.25) is 0 Å². The van der Waals surface area contributed by atoms with E-state index in [0.29, 0.717) is 5.57 Å². The van der Waals surface area contributed by atoms with Crippen LogP contribution >= 0.6 is 0 Å². The molecule has 0 aromatic rings. The van der Waals surface area contributed by atoms with Gasteiger partial charge in [-0.1, -0.05) is 50.5 Å². The molecular weight excluding hydrogens is 226 g/mol. The molecule has 18 heavy (non-hydrogen) atoms. The topological polar surface area (TPSA) is 52.5 Å². The highest BCUT2D eigenvalue weighted by molar-refractivity contribution is 5.35. The summed E-state index contributed by atoms with van der Waals surface area (Å²) in [6, 6.07) is 0. The quantitative estimate of drug-likeness (QED) is 0.480. The van der Waals surface area contributed by atoms with E-state index in [0.717, 1.165) is 12.2 Å². The van der Waals surface area contributed by atoms with Gasteiger partial charge in [-0.05, 0) is 18.6 Å². The molecule has 0 aromatic heterocycles. The molecule has 3 N–H and O–H groups in total. The molecule has 1 rings (SSSR count). The zero-order chi connectivity index (χ0) is 13.2. The first-order valence-corrected chi connectivity index (χ1v) is 6.60. The molecule has 3 nitrogen and oxygen atoms in total. The highest BCUT2D eigenvalue weighted by atomic mass is 16.5. The summed E-state index contributed by atoms with van der Waals surface area (Å²) >= 11 is 0. The van der Waals surface area contributed by atoms with E-state index in [-0.39, 0.29) is 0 Å². The first-order chi connectivity index (χ1) is 8.74. The van der Waals surface area contributed by atoms with Crippen molar-refractivity contribution in [3.8, 4) is 0 Å². The Morgan fingerprint density at radius 1 is 1.06 bits per heavy atom. The number of hydrogen-bond acceptors (Lipinski definition) is 3. The van der Waals surface area contributed by atoms with Crippen LogP contribution in [0.3, 0.4) is 0 Å². The highest BCUT2D eigenvalue weighted by Crippen LogP contribution is 2.07. The van der Waals surface area contributed by atoms with E-state index >= 15 is 0 Å². The van der Waals surface area contributed by atoms with E-state index in [4.69, 9.17) is 10.2 Å². The molecule has 0 spiro atoms. The fourth-order valence-corrected chi connectivity index (χ4v) is 1.71. The number of nitrogens with one attached hydrogen (secondary N) is 1. The molecule has 0 heterocycles. The lowest BCUT2D eigenvalue weighted by atomic mass is 10.1. The first kappa shape index (κ1) is 14.7. The van der Waals surface area contributed by atoms with Gasteiger partial charge in [-0.25, -0.2) is 0 Å². The summed E-state index contributed by atoms with van der Waals surface area (Å²) in [5.74, 6) is 0. The number of aliphatic hydroxyl groups excluding tert-OH is 1. The van der Waals surface area contributed by atoms with Gasteiger partial charge < -0.3 is 15.5 Å². The molecule has 0 saturated heterocycles. The summed E-state index contributed by atoms with van der Waals surface area (Å²) < 4.78 is 0. The van der Waals surface area contributed by atoms with Crippen molar-refractivity contribution in [2.45, 2.75) is 38.9 Å². The minimum Gasteiger partial charge on any atom is -0.385 e. The van der Waals surface area contributed by atoms with Gasteiger partial charge >= 0.3 is 0 Å². The van der Waals surface area contributed by atoms with Gasteiger partial charge in [-0.3, -0.25) is 0 Å². The summed E-state index contributed by atoms with van der Waals surface area (Å²) in [6.45, 7) is 3.18. The second kappa shape index (κ2) is 8.72. The second-order valence-electron chi connectivity index (χ2n) is 4.37. The maximum atomic E-state index is 9.05. The molecule has 0 aromatic carbocycles. The Labute approximate surface area is 109 Å². The lowest BCUT2D eigenvalue weighted by Gasteiger charge is -2.08.